The van der Waals surface area contributed by atoms with E-state index in [1.54, 1.807) is 19.1 Å². The second-order valence-corrected chi connectivity index (χ2v) is 4.80. The van der Waals surface area contributed by atoms with Crippen molar-refractivity contribution in [3.05, 3.63) is 34.6 Å². The van der Waals surface area contributed by atoms with Crippen LogP contribution in [0.15, 0.2) is 18.2 Å². The first-order chi connectivity index (χ1) is 6.96. The van der Waals surface area contributed by atoms with E-state index in [9.17, 15) is 9.50 Å². The Kier molecular flexibility index (Phi) is 2.71. The third-order valence-electron chi connectivity index (χ3n) is 2.52. The maximum Gasteiger partial charge on any atom is 0.141 e. The Balaban J connectivity index is 1.98. The lowest BCUT2D eigenvalue weighted by molar-refractivity contribution is -0.0871. The molecule has 1 heterocycles. The van der Waals surface area contributed by atoms with Gasteiger partial charge < -0.3 is 5.11 Å². The SMILES string of the molecule is CC1(O)CN(Cc2ccc(F)c(Cl)c2)C1. The predicted octanol–water partition coefficient (Wildman–Crippen LogP) is 2.05. The number of aliphatic hydroxyl groups is 1. The van der Waals surface area contributed by atoms with Crippen molar-refractivity contribution in [1.82, 2.24) is 4.90 Å². The third-order valence-corrected chi connectivity index (χ3v) is 2.81. The van der Waals surface area contributed by atoms with Gasteiger partial charge in [0.05, 0.1) is 10.6 Å². The molecule has 0 aliphatic carbocycles. The van der Waals surface area contributed by atoms with Crippen LogP contribution in [0.3, 0.4) is 0 Å². The van der Waals surface area contributed by atoms with Gasteiger partial charge in [-0.15, -0.1) is 0 Å². The van der Waals surface area contributed by atoms with E-state index in [2.05, 4.69) is 4.90 Å². The Bertz CT molecular complexity index is 373. The molecule has 1 aliphatic heterocycles. The van der Waals surface area contributed by atoms with Gasteiger partial charge in [-0.05, 0) is 24.6 Å². The van der Waals surface area contributed by atoms with Crippen LogP contribution in [-0.4, -0.2) is 28.7 Å². The molecule has 0 bridgehead atoms. The molecule has 15 heavy (non-hydrogen) atoms. The van der Waals surface area contributed by atoms with E-state index < -0.39 is 11.4 Å². The van der Waals surface area contributed by atoms with Gasteiger partial charge in [0.1, 0.15) is 5.82 Å². The monoisotopic (exact) mass is 229 g/mol. The second-order valence-electron chi connectivity index (χ2n) is 4.39. The number of β-amino-alcohol motifs (C(OH)–C–C–N with tert-alkyl or cyclic N) is 1. The van der Waals surface area contributed by atoms with Gasteiger partial charge in [0, 0.05) is 19.6 Å². The van der Waals surface area contributed by atoms with Crippen molar-refractivity contribution in [1.29, 1.82) is 0 Å². The smallest absolute Gasteiger partial charge is 0.141 e. The van der Waals surface area contributed by atoms with Gasteiger partial charge in [-0.2, -0.15) is 0 Å². The van der Waals surface area contributed by atoms with Gasteiger partial charge in [0.15, 0.2) is 0 Å². The van der Waals surface area contributed by atoms with E-state index in [0.717, 1.165) is 5.56 Å². The highest BCUT2D eigenvalue weighted by Crippen LogP contribution is 2.23. The summed E-state index contributed by atoms with van der Waals surface area (Å²) in [5.41, 5.74) is 0.404. The average molecular weight is 230 g/mol. The summed E-state index contributed by atoms with van der Waals surface area (Å²) in [4.78, 5) is 2.09. The summed E-state index contributed by atoms with van der Waals surface area (Å²) < 4.78 is 12.9. The summed E-state index contributed by atoms with van der Waals surface area (Å²) in [6, 6.07) is 4.72. The van der Waals surface area contributed by atoms with Gasteiger partial charge >= 0.3 is 0 Å². The summed E-state index contributed by atoms with van der Waals surface area (Å²) in [5, 5.41) is 9.69. The Labute approximate surface area is 93.3 Å². The van der Waals surface area contributed by atoms with E-state index in [0.29, 0.717) is 19.6 Å². The Morgan fingerprint density at radius 2 is 2.20 bits per heavy atom. The van der Waals surface area contributed by atoms with Gasteiger partial charge in [-0.25, -0.2) is 4.39 Å². The normalized spacial score (nSPS) is 20.0. The quantitative estimate of drug-likeness (QED) is 0.839. The maximum absolute atomic E-state index is 12.9. The number of hydrogen-bond acceptors (Lipinski definition) is 2. The molecule has 1 aromatic rings. The first-order valence-electron chi connectivity index (χ1n) is 4.85. The predicted molar refractivity (Wildman–Crippen MR) is 57.3 cm³/mol. The van der Waals surface area contributed by atoms with Crippen LogP contribution in [0.4, 0.5) is 4.39 Å². The molecule has 1 N–H and O–H groups in total. The average Bonchev–Trinajstić information content (AvgIpc) is 2.08. The van der Waals surface area contributed by atoms with Crippen LogP contribution < -0.4 is 0 Å². The van der Waals surface area contributed by atoms with Crippen molar-refractivity contribution in [2.45, 2.75) is 19.1 Å². The maximum atomic E-state index is 12.9. The molecule has 0 atom stereocenters. The molecule has 0 saturated carbocycles. The lowest BCUT2D eigenvalue weighted by Crippen LogP contribution is -2.59. The number of benzene rings is 1. The van der Waals surface area contributed by atoms with E-state index in [1.165, 1.54) is 6.07 Å². The molecular formula is C11H13ClFNO. The first-order valence-corrected chi connectivity index (χ1v) is 5.23. The van der Waals surface area contributed by atoms with Crippen molar-refractivity contribution < 1.29 is 9.50 Å². The van der Waals surface area contributed by atoms with Crippen LogP contribution in [0.5, 0.6) is 0 Å². The summed E-state index contributed by atoms with van der Waals surface area (Å²) in [5.74, 6) is -0.393. The number of nitrogens with zero attached hydrogens (tertiary/aromatic N) is 1. The number of halogens is 2. The standard InChI is InChI=1S/C11H13ClFNO/c1-11(15)6-14(7-11)5-8-2-3-10(13)9(12)4-8/h2-4,15H,5-7H2,1H3. The number of likely N-dealkylation sites (tertiary alicyclic amines) is 1. The molecule has 2 nitrogen and oxygen atoms in total. The molecule has 0 radical (unpaired) electrons. The molecule has 1 aromatic carbocycles. The zero-order valence-corrected chi connectivity index (χ0v) is 9.26. The largest absolute Gasteiger partial charge is 0.388 e. The Hall–Kier alpha value is -0.640. The molecule has 0 aromatic heterocycles. The van der Waals surface area contributed by atoms with Crippen molar-refractivity contribution in [2.75, 3.05) is 13.1 Å². The minimum Gasteiger partial charge on any atom is -0.388 e. The zero-order valence-electron chi connectivity index (χ0n) is 8.50. The molecule has 82 valence electrons. The Morgan fingerprint density at radius 1 is 1.53 bits per heavy atom. The fraction of sp³-hybridized carbons (Fsp3) is 0.455. The van der Waals surface area contributed by atoms with Gasteiger partial charge in [-0.3, -0.25) is 4.90 Å². The molecule has 4 heteroatoms. The number of hydrogen-bond donors (Lipinski definition) is 1. The van der Waals surface area contributed by atoms with Crippen LogP contribution in [0.2, 0.25) is 5.02 Å². The van der Waals surface area contributed by atoms with Gasteiger partial charge in [0.2, 0.25) is 0 Å². The zero-order chi connectivity index (χ0) is 11.1. The second kappa shape index (κ2) is 3.74. The molecule has 1 fully saturated rings. The third kappa shape index (κ3) is 2.48. The highest BCUT2D eigenvalue weighted by atomic mass is 35.5. The summed E-state index contributed by atoms with van der Waals surface area (Å²) in [6.07, 6.45) is 0. The van der Waals surface area contributed by atoms with E-state index in [-0.39, 0.29) is 5.02 Å². The van der Waals surface area contributed by atoms with Crippen LogP contribution in [-0.2, 0) is 6.54 Å². The lowest BCUT2D eigenvalue weighted by Gasteiger charge is -2.44. The van der Waals surface area contributed by atoms with Crippen molar-refractivity contribution in [3.63, 3.8) is 0 Å². The highest BCUT2D eigenvalue weighted by Gasteiger charge is 2.35. The van der Waals surface area contributed by atoms with Crippen molar-refractivity contribution in [3.8, 4) is 0 Å². The highest BCUT2D eigenvalue weighted by molar-refractivity contribution is 6.30. The minimum absolute atomic E-state index is 0.153. The van der Waals surface area contributed by atoms with Crippen molar-refractivity contribution in [2.24, 2.45) is 0 Å². The summed E-state index contributed by atoms with van der Waals surface area (Å²) >= 11 is 5.67. The Morgan fingerprint density at radius 3 is 2.73 bits per heavy atom. The fourth-order valence-corrected chi connectivity index (χ4v) is 2.13. The topological polar surface area (TPSA) is 23.5 Å². The lowest BCUT2D eigenvalue weighted by atomic mass is 9.96. The molecule has 1 aliphatic rings. The first kappa shape index (κ1) is 10.9. The molecule has 0 amide bonds. The van der Waals surface area contributed by atoms with E-state index in [1.807, 2.05) is 0 Å². The van der Waals surface area contributed by atoms with Crippen LogP contribution in [0.25, 0.3) is 0 Å². The van der Waals surface area contributed by atoms with Crippen LogP contribution in [0, 0.1) is 5.82 Å². The van der Waals surface area contributed by atoms with Gasteiger partial charge in [-0.1, -0.05) is 17.7 Å². The van der Waals surface area contributed by atoms with E-state index >= 15 is 0 Å². The molecule has 1 saturated heterocycles. The van der Waals surface area contributed by atoms with Gasteiger partial charge in [0.25, 0.3) is 0 Å². The van der Waals surface area contributed by atoms with Crippen LogP contribution in [0.1, 0.15) is 12.5 Å². The van der Waals surface area contributed by atoms with E-state index in [4.69, 9.17) is 11.6 Å². The van der Waals surface area contributed by atoms with Crippen LogP contribution >= 0.6 is 11.6 Å². The summed E-state index contributed by atoms with van der Waals surface area (Å²) in [7, 11) is 0. The molecule has 0 unspecified atom stereocenters. The van der Waals surface area contributed by atoms with Crippen molar-refractivity contribution >= 4 is 11.6 Å². The fourth-order valence-electron chi connectivity index (χ4n) is 1.93. The number of rotatable bonds is 2. The minimum atomic E-state index is -0.566. The summed E-state index contributed by atoms with van der Waals surface area (Å²) in [6.45, 7) is 3.82. The molecule has 2 rings (SSSR count). The molecule has 0 spiro atoms. The molecular weight excluding hydrogens is 217 g/mol.